The Bertz CT molecular complexity index is 1210. The van der Waals surface area contributed by atoms with Crippen LogP contribution in [0.3, 0.4) is 0 Å². The number of sulfonamides is 1. The Morgan fingerprint density at radius 3 is 2.33 bits per heavy atom. The fourth-order valence-electron chi connectivity index (χ4n) is 2.63. The van der Waals surface area contributed by atoms with Crippen LogP contribution in [0.15, 0.2) is 44.4 Å². The van der Waals surface area contributed by atoms with Crippen molar-refractivity contribution >= 4 is 21.0 Å². The van der Waals surface area contributed by atoms with Gasteiger partial charge < -0.3 is 24.1 Å². The second-order valence-electron chi connectivity index (χ2n) is 5.54. The van der Waals surface area contributed by atoms with Crippen LogP contribution in [0.4, 0.5) is 0 Å². The number of fused-ring (bicyclic) bond motifs is 1. The molecule has 0 aliphatic carbocycles. The van der Waals surface area contributed by atoms with E-state index in [-0.39, 0.29) is 39.5 Å². The Morgan fingerprint density at radius 1 is 1.04 bits per heavy atom. The number of hydrogen-bond acceptors (Lipinski definition) is 8. The average molecular weight is 393 g/mol. The first-order valence-corrected chi connectivity index (χ1v) is 9.00. The van der Waals surface area contributed by atoms with Gasteiger partial charge in [0.15, 0.2) is 5.76 Å². The van der Waals surface area contributed by atoms with Gasteiger partial charge in [0, 0.05) is 17.7 Å². The minimum Gasteiger partial charge on any atom is -0.507 e. The first-order chi connectivity index (χ1) is 12.7. The van der Waals surface area contributed by atoms with E-state index >= 15 is 0 Å². The van der Waals surface area contributed by atoms with Crippen molar-refractivity contribution in [3.05, 3.63) is 40.6 Å². The van der Waals surface area contributed by atoms with Crippen LogP contribution in [0.2, 0.25) is 0 Å². The monoisotopic (exact) mass is 393 g/mol. The van der Waals surface area contributed by atoms with E-state index in [2.05, 4.69) is 0 Å². The van der Waals surface area contributed by atoms with Crippen molar-refractivity contribution in [1.82, 2.24) is 0 Å². The topological polar surface area (TPSA) is 149 Å². The Labute approximate surface area is 153 Å². The summed E-state index contributed by atoms with van der Waals surface area (Å²) in [5.41, 5.74) is -0.549. The molecule has 0 atom stereocenters. The maximum atomic E-state index is 12.7. The zero-order chi connectivity index (χ0) is 19.9. The average Bonchev–Trinajstić information content (AvgIpc) is 2.60. The Morgan fingerprint density at radius 2 is 1.74 bits per heavy atom. The van der Waals surface area contributed by atoms with Crippen molar-refractivity contribution in [3.63, 3.8) is 0 Å². The molecule has 3 rings (SSSR count). The van der Waals surface area contributed by atoms with Gasteiger partial charge in [-0.3, -0.25) is 4.79 Å². The Kier molecular flexibility index (Phi) is 4.46. The molecular formula is C17H15NO8S. The normalized spacial score (nSPS) is 11.5. The molecule has 2 aromatic carbocycles. The summed E-state index contributed by atoms with van der Waals surface area (Å²) < 4.78 is 39.1. The minimum absolute atomic E-state index is 0.00196. The molecule has 3 aromatic rings. The molecule has 0 saturated heterocycles. The number of hydrogen-bond donors (Lipinski definition) is 3. The number of phenolic OH excluding ortho intramolecular Hbond substituents is 2. The van der Waals surface area contributed by atoms with Crippen molar-refractivity contribution in [2.45, 2.75) is 4.90 Å². The van der Waals surface area contributed by atoms with Crippen LogP contribution < -0.4 is 20.0 Å². The molecule has 0 bridgehead atoms. The van der Waals surface area contributed by atoms with E-state index in [9.17, 15) is 23.4 Å². The van der Waals surface area contributed by atoms with Gasteiger partial charge in [-0.05, 0) is 18.2 Å². The summed E-state index contributed by atoms with van der Waals surface area (Å²) in [6.07, 6.45) is 0. The number of phenols is 2. The lowest BCUT2D eigenvalue weighted by Gasteiger charge is -2.12. The molecule has 0 saturated carbocycles. The number of ether oxygens (including phenoxy) is 2. The summed E-state index contributed by atoms with van der Waals surface area (Å²) >= 11 is 0. The van der Waals surface area contributed by atoms with Crippen molar-refractivity contribution in [3.8, 4) is 34.3 Å². The van der Waals surface area contributed by atoms with Crippen molar-refractivity contribution in [2.24, 2.45) is 5.14 Å². The third kappa shape index (κ3) is 3.15. The molecular weight excluding hydrogens is 378 g/mol. The van der Waals surface area contributed by atoms with Crippen LogP contribution in [0, 0.1) is 0 Å². The lowest BCUT2D eigenvalue weighted by molar-refractivity contribution is 0.394. The predicted octanol–water partition coefficient (Wildman–Crippen LogP) is 1.54. The molecule has 1 heterocycles. The summed E-state index contributed by atoms with van der Waals surface area (Å²) in [6.45, 7) is 0. The SMILES string of the molecule is COc1cc(O)c2c(=O)c(OC)c(-c3ccc(O)c(S(N)(=O)=O)c3)oc2c1. The fraction of sp³-hybridized carbons (Fsp3) is 0.118. The molecule has 0 unspecified atom stereocenters. The molecule has 142 valence electrons. The van der Waals surface area contributed by atoms with Crippen molar-refractivity contribution in [1.29, 1.82) is 0 Å². The van der Waals surface area contributed by atoms with Crippen molar-refractivity contribution < 1.29 is 32.5 Å². The molecule has 9 nitrogen and oxygen atoms in total. The van der Waals surface area contributed by atoms with Crippen LogP contribution in [-0.4, -0.2) is 32.9 Å². The minimum atomic E-state index is -4.22. The molecule has 0 aliphatic heterocycles. The molecule has 0 aliphatic rings. The summed E-state index contributed by atoms with van der Waals surface area (Å²) in [5, 5.41) is 24.8. The molecule has 0 amide bonds. The molecule has 0 radical (unpaired) electrons. The van der Waals surface area contributed by atoms with E-state index in [1.54, 1.807) is 0 Å². The van der Waals surface area contributed by atoms with Gasteiger partial charge in [0.2, 0.25) is 21.2 Å². The molecule has 1 aromatic heterocycles. The van der Waals surface area contributed by atoms with Gasteiger partial charge in [0.1, 0.15) is 33.1 Å². The number of rotatable bonds is 4. The highest BCUT2D eigenvalue weighted by atomic mass is 32.2. The highest BCUT2D eigenvalue weighted by Crippen LogP contribution is 2.37. The highest BCUT2D eigenvalue weighted by molar-refractivity contribution is 7.89. The van der Waals surface area contributed by atoms with Gasteiger partial charge in [-0.25, -0.2) is 13.6 Å². The summed E-state index contributed by atoms with van der Waals surface area (Å²) in [7, 11) is -1.62. The Hall–Kier alpha value is -3.24. The van der Waals surface area contributed by atoms with Gasteiger partial charge in [-0.15, -0.1) is 0 Å². The Balaban J connectivity index is 2.40. The van der Waals surface area contributed by atoms with E-state index < -0.39 is 26.1 Å². The zero-order valence-electron chi connectivity index (χ0n) is 14.2. The number of benzene rings is 2. The van der Waals surface area contributed by atoms with Crippen LogP contribution in [0.1, 0.15) is 0 Å². The summed E-state index contributed by atoms with van der Waals surface area (Å²) in [5.74, 6) is -1.03. The van der Waals surface area contributed by atoms with E-state index in [1.165, 1.54) is 32.4 Å². The number of nitrogens with two attached hydrogens (primary N) is 1. The predicted molar refractivity (Wildman–Crippen MR) is 95.7 cm³/mol. The van der Waals surface area contributed by atoms with Gasteiger partial charge in [-0.2, -0.15) is 0 Å². The molecule has 0 fully saturated rings. The van der Waals surface area contributed by atoms with Crippen LogP contribution in [0.5, 0.6) is 23.0 Å². The van der Waals surface area contributed by atoms with E-state index in [4.69, 9.17) is 19.0 Å². The van der Waals surface area contributed by atoms with Gasteiger partial charge in [-0.1, -0.05) is 0 Å². The third-order valence-electron chi connectivity index (χ3n) is 3.87. The molecule has 10 heteroatoms. The lowest BCUT2D eigenvalue weighted by atomic mass is 10.1. The van der Waals surface area contributed by atoms with Crippen LogP contribution in [-0.2, 0) is 10.0 Å². The van der Waals surface area contributed by atoms with Gasteiger partial charge in [0.05, 0.1) is 14.2 Å². The molecule has 27 heavy (non-hydrogen) atoms. The van der Waals surface area contributed by atoms with Crippen LogP contribution in [0.25, 0.3) is 22.3 Å². The largest absolute Gasteiger partial charge is 0.507 e. The quantitative estimate of drug-likeness (QED) is 0.604. The zero-order valence-corrected chi connectivity index (χ0v) is 15.0. The maximum absolute atomic E-state index is 12.7. The smallest absolute Gasteiger partial charge is 0.241 e. The van der Waals surface area contributed by atoms with E-state index in [0.717, 1.165) is 12.1 Å². The van der Waals surface area contributed by atoms with Gasteiger partial charge >= 0.3 is 0 Å². The first kappa shape index (κ1) is 18.5. The highest BCUT2D eigenvalue weighted by Gasteiger charge is 2.22. The molecule has 4 N–H and O–H groups in total. The molecule has 0 spiro atoms. The lowest BCUT2D eigenvalue weighted by Crippen LogP contribution is -2.12. The summed E-state index contributed by atoms with van der Waals surface area (Å²) in [6, 6.07) is 6.12. The second kappa shape index (κ2) is 6.49. The van der Waals surface area contributed by atoms with Gasteiger partial charge in [0.25, 0.3) is 0 Å². The fourth-order valence-corrected chi connectivity index (χ4v) is 3.29. The summed E-state index contributed by atoms with van der Waals surface area (Å²) in [4.78, 5) is 12.2. The van der Waals surface area contributed by atoms with Crippen molar-refractivity contribution in [2.75, 3.05) is 14.2 Å². The van der Waals surface area contributed by atoms with E-state index in [0.29, 0.717) is 0 Å². The van der Waals surface area contributed by atoms with E-state index in [1.807, 2.05) is 0 Å². The maximum Gasteiger partial charge on any atom is 0.241 e. The van der Waals surface area contributed by atoms with Crippen LogP contribution >= 0.6 is 0 Å². The second-order valence-corrected chi connectivity index (χ2v) is 7.07. The standard InChI is InChI=1S/C17H15NO8S/c1-24-9-6-11(20)14-12(7-9)26-16(17(25-2)15(14)21)8-3-4-10(19)13(5-8)27(18,22)23/h3-7,19-20H,1-2H3,(H2,18,22,23). The number of methoxy groups -OCH3 is 2. The third-order valence-corrected chi connectivity index (χ3v) is 4.81. The first-order valence-electron chi connectivity index (χ1n) is 7.45. The number of aromatic hydroxyl groups is 2. The number of primary sulfonamides is 1.